The predicted molar refractivity (Wildman–Crippen MR) is 94.8 cm³/mol. The zero-order chi connectivity index (χ0) is 18.1. The summed E-state index contributed by atoms with van der Waals surface area (Å²) in [6.45, 7) is 8.21. The van der Waals surface area contributed by atoms with E-state index in [1.807, 2.05) is 31.2 Å². The van der Waals surface area contributed by atoms with Gasteiger partial charge in [-0.05, 0) is 31.2 Å². The Bertz CT molecular complexity index is 554. The number of benzene rings is 1. The summed E-state index contributed by atoms with van der Waals surface area (Å²) < 4.78 is 11.0. The van der Waals surface area contributed by atoms with Gasteiger partial charge in [-0.2, -0.15) is 0 Å². The van der Waals surface area contributed by atoms with Crippen LogP contribution in [0.4, 0.5) is 0 Å². The molecule has 1 aromatic carbocycles. The summed E-state index contributed by atoms with van der Waals surface area (Å²) in [5.74, 6) is 1.63. The third kappa shape index (κ3) is 6.62. The van der Waals surface area contributed by atoms with Crippen molar-refractivity contribution in [2.24, 2.45) is 0 Å². The molecule has 0 unspecified atom stereocenters. The van der Waals surface area contributed by atoms with E-state index in [0.29, 0.717) is 39.4 Å². The average Bonchev–Trinajstić information content (AvgIpc) is 2.61. The van der Waals surface area contributed by atoms with E-state index in [-0.39, 0.29) is 11.8 Å². The molecule has 1 aliphatic rings. The van der Waals surface area contributed by atoms with Crippen LogP contribution >= 0.6 is 0 Å². The Kier molecular flexibility index (Phi) is 7.53. The van der Waals surface area contributed by atoms with Gasteiger partial charge in [-0.3, -0.25) is 14.5 Å². The van der Waals surface area contributed by atoms with Gasteiger partial charge in [0.05, 0.1) is 19.7 Å². The Labute approximate surface area is 148 Å². The molecule has 0 bridgehead atoms. The highest BCUT2D eigenvalue weighted by Gasteiger charge is 2.19. The highest BCUT2D eigenvalue weighted by Crippen LogP contribution is 2.17. The number of carbonyl (C=O) groups excluding carboxylic acids is 2. The molecular formula is C18H27N3O4. The van der Waals surface area contributed by atoms with Crippen LogP contribution in [-0.4, -0.2) is 74.1 Å². The molecule has 0 spiro atoms. The fourth-order valence-corrected chi connectivity index (χ4v) is 2.64. The topological polar surface area (TPSA) is 71.1 Å². The summed E-state index contributed by atoms with van der Waals surface area (Å²) in [7, 11) is 0. The lowest BCUT2D eigenvalue weighted by atomic mass is 10.3. The summed E-state index contributed by atoms with van der Waals surface area (Å²) in [5.41, 5.74) is 0. The number of hydrogen-bond acceptors (Lipinski definition) is 5. The maximum Gasteiger partial charge on any atom is 0.234 e. The molecule has 7 heteroatoms. The number of nitrogens with one attached hydrogen (secondary N) is 1. The van der Waals surface area contributed by atoms with Gasteiger partial charge in [0, 0.05) is 33.1 Å². The largest absolute Gasteiger partial charge is 0.494 e. The maximum atomic E-state index is 11.9. The lowest BCUT2D eigenvalue weighted by Crippen LogP contribution is -2.50. The normalized spacial score (nSPS) is 14.9. The second-order valence-electron chi connectivity index (χ2n) is 5.89. The van der Waals surface area contributed by atoms with E-state index in [9.17, 15) is 9.59 Å². The minimum absolute atomic E-state index is 0.0217. The zero-order valence-corrected chi connectivity index (χ0v) is 15.0. The Morgan fingerprint density at radius 1 is 1.04 bits per heavy atom. The Morgan fingerprint density at radius 2 is 1.64 bits per heavy atom. The number of hydrogen-bond donors (Lipinski definition) is 1. The minimum Gasteiger partial charge on any atom is -0.494 e. The van der Waals surface area contributed by atoms with Gasteiger partial charge >= 0.3 is 0 Å². The monoisotopic (exact) mass is 349 g/mol. The standard InChI is InChI=1S/C18H27N3O4/c1-3-24-16-4-6-17(7-5-16)25-13-8-19-18(23)14-20-9-11-21(12-10-20)15(2)22/h4-7H,3,8-14H2,1-2H3,(H,19,23). The predicted octanol–water partition coefficient (Wildman–Crippen LogP) is 0.744. The summed E-state index contributed by atoms with van der Waals surface area (Å²) in [6.07, 6.45) is 0. The fourth-order valence-electron chi connectivity index (χ4n) is 2.64. The molecule has 1 fully saturated rings. The van der Waals surface area contributed by atoms with Crippen LogP contribution in [-0.2, 0) is 9.59 Å². The van der Waals surface area contributed by atoms with E-state index in [2.05, 4.69) is 10.2 Å². The Balaban J connectivity index is 1.58. The van der Waals surface area contributed by atoms with Crippen molar-refractivity contribution in [1.82, 2.24) is 15.1 Å². The van der Waals surface area contributed by atoms with Crippen LogP contribution in [0.1, 0.15) is 13.8 Å². The molecule has 7 nitrogen and oxygen atoms in total. The van der Waals surface area contributed by atoms with Crippen molar-refractivity contribution in [2.45, 2.75) is 13.8 Å². The molecule has 1 heterocycles. The second-order valence-corrected chi connectivity index (χ2v) is 5.89. The second kappa shape index (κ2) is 9.88. The highest BCUT2D eigenvalue weighted by molar-refractivity contribution is 5.78. The fraction of sp³-hybridized carbons (Fsp3) is 0.556. The molecule has 0 aliphatic carbocycles. The first-order chi connectivity index (χ1) is 12.1. The first-order valence-corrected chi connectivity index (χ1v) is 8.68. The lowest BCUT2D eigenvalue weighted by molar-refractivity contribution is -0.131. The SMILES string of the molecule is CCOc1ccc(OCCNC(=O)CN2CCN(C(C)=O)CC2)cc1. The number of nitrogens with zero attached hydrogens (tertiary/aromatic N) is 2. The molecule has 2 amide bonds. The van der Waals surface area contributed by atoms with E-state index in [4.69, 9.17) is 9.47 Å². The highest BCUT2D eigenvalue weighted by atomic mass is 16.5. The van der Waals surface area contributed by atoms with Crippen LogP contribution in [0.5, 0.6) is 11.5 Å². The maximum absolute atomic E-state index is 11.9. The molecule has 0 saturated carbocycles. The van der Waals surface area contributed by atoms with Crippen LogP contribution in [0, 0.1) is 0 Å². The van der Waals surface area contributed by atoms with E-state index in [1.165, 1.54) is 0 Å². The molecule has 138 valence electrons. The third-order valence-electron chi connectivity index (χ3n) is 4.01. The summed E-state index contributed by atoms with van der Waals surface area (Å²) in [5, 5.41) is 2.86. The summed E-state index contributed by atoms with van der Waals surface area (Å²) in [6, 6.07) is 7.42. The van der Waals surface area contributed by atoms with Gasteiger partial charge in [-0.15, -0.1) is 0 Å². The van der Waals surface area contributed by atoms with Gasteiger partial charge in [-0.25, -0.2) is 0 Å². The molecule has 1 aliphatic heterocycles. The van der Waals surface area contributed by atoms with Gasteiger partial charge in [0.25, 0.3) is 0 Å². The first kappa shape index (κ1) is 19.1. The van der Waals surface area contributed by atoms with Gasteiger partial charge in [0.2, 0.25) is 11.8 Å². The number of rotatable bonds is 8. The van der Waals surface area contributed by atoms with Crippen LogP contribution in [0.2, 0.25) is 0 Å². The Hall–Kier alpha value is -2.28. The molecule has 1 saturated heterocycles. The van der Waals surface area contributed by atoms with Crippen LogP contribution < -0.4 is 14.8 Å². The first-order valence-electron chi connectivity index (χ1n) is 8.68. The molecule has 0 atom stereocenters. The van der Waals surface area contributed by atoms with Crippen LogP contribution in [0.15, 0.2) is 24.3 Å². The van der Waals surface area contributed by atoms with Crippen LogP contribution in [0.25, 0.3) is 0 Å². The minimum atomic E-state index is -0.0217. The molecule has 2 rings (SSSR count). The molecular weight excluding hydrogens is 322 g/mol. The lowest BCUT2D eigenvalue weighted by Gasteiger charge is -2.33. The molecule has 25 heavy (non-hydrogen) atoms. The molecule has 0 radical (unpaired) electrons. The van der Waals surface area contributed by atoms with Crippen molar-refractivity contribution in [2.75, 3.05) is 52.5 Å². The number of amides is 2. The van der Waals surface area contributed by atoms with Gasteiger partial charge in [0.15, 0.2) is 0 Å². The van der Waals surface area contributed by atoms with Crippen molar-refractivity contribution in [1.29, 1.82) is 0 Å². The van der Waals surface area contributed by atoms with Crippen molar-refractivity contribution < 1.29 is 19.1 Å². The molecule has 1 N–H and O–H groups in total. The molecule has 1 aromatic rings. The smallest absolute Gasteiger partial charge is 0.234 e. The van der Waals surface area contributed by atoms with E-state index in [1.54, 1.807) is 11.8 Å². The van der Waals surface area contributed by atoms with Crippen molar-refractivity contribution in [3.05, 3.63) is 24.3 Å². The van der Waals surface area contributed by atoms with Crippen LogP contribution in [0.3, 0.4) is 0 Å². The zero-order valence-electron chi connectivity index (χ0n) is 15.0. The third-order valence-corrected chi connectivity index (χ3v) is 4.01. The molecule has 0 aromatic heterocycles. The quantitative estimate of drug-likeness (QED) is 0.701. The van der Waals surface area contributed by atoms with E-state index >= 15 is 0 Å². The van der Waals surface area contributed by atoms with Gasteiger partial charge in [0.1, 0.15) is 18.1 Å². The van der Waals surface area contributed by atoms with Crippen molar-refractivity contribution in [3.63, 3.8) is 0 Å². The van der Waals surface area contributed by atoms with Gasteiger partial charge in [-0.1, -0.05) is 0 Å². The average molecular weight is 349 g/mol. The number of piperazine rings is 1. The van der Waals surface area contributed by atoms with Crippen molar-refractivity contribution >= 4 is 11.8 Å². The number of carbonyl (C=O) groups is 2. The van der Waals surface area contributed by atoms with Crippen molar-refractivity contribution in [3.8, 4) is 11.5 Å². The summed E-state index contributed by atoms with van der Waals surface area (Å²) in [4.78, 5) is 27.1. The Morgan fingerprint density at radius 3 is 2.20 bits per heavy atom. The van der Waals surface area contributed by atoms with E-state index in [0.717, 1.165) is 24.6 Å². The summed E-state index contributed by atoms with van der Waals surface area (Å²) >= 11 is 0. The number of ether oxygens (including phenoxy) is 2. The van der Waals surface area contributed by atoms with Gasteiger partial charge < -0.3 is 19.7 Å². The van der Waals surface area contributed by atoms with E-state index < -0.39 is 0 Å².